The van der Waals surface area contributed by atoms with Crippen LogP contribution in [0.3, 0.4) is 0 Å². The minimum Gasteiger partial charge on any atom is -0.456 e. The molecule has 0 saturated carbocycles. The van der Waals surface area contributed by atoms with Gasteiger partial charge in [-0.2, -0.15) is 0 Å². The zero-order chi connectivity index (χ0) is 20.1. The number of nitrogens with one attached hydrogen (secondary N) is 2. The van der Waals surface area contributed by atoms with Crippen LogP contribution in [0, 0.1) is 20.8 Å². The molecule has 27 heavy (non-hydrogen) atoms. The lowest BCUT2D eigenvalue weighted by atomic mass is 10.1. The number of rotatable bonds is 7. The number of carbonyl (C=O) groups excluding carboxylic acids is 4. The Morgan fingerprint density at radius 1 is 1.11 bits per heavy atom. The molecule has 1 aromatic heterocycles. The summed E-state index contributed by atoms with van der Waals surface area (Å²) in [6, 6.07) is 6.95. The molecular formula is C20H22N2O5. The fourth-order valence-corrected chi connectivity index (χ4v) is 2.87. The Morgan fingerprint density at radius 3 is 2.41 bits per heavy atom. The Morgan fingerprint density at radius 2 is 1.81 bits per heavy atom. The molecular weight excluding hydrogens is 348 g/mol. The van der Waals surface area contributed by atoms with Crippen molar-refractivity contribution >= 4 is 23.4 Å². The minimum atomic E-state index is -0.725. The quantitative estimate of drug-likeness (QED) is 0.575. The van der Waals surface area contributed by atoms with Gasteiger partial charge in [0.05, 0.1) is 5.69 Å². The van der Waals surface area contributed by atoms with Crippen LogP contribution >= 0.6 is 0 Å². The van der Waals surface area contributed by atoms with Crippen LogP contribution in [0.5, 0.6) is 0 Å². The number of carbonyl (C=O) groups is 4. The third-order valence-corrected chi connectivity index (χ3v) is 4.11. The summed E-state index contributed by atoms with van der Waals surface area (Å²) in [4.78, 5) is 50.5. The number of hydrogen-bond donors (Lipinski definition) is 2. The zero-order valence-electron chi connectivity index (χ0n) is 15.8. The van der Waals surface area contributed by atoms with E-state index in [-0.39, 0.29) is 18.0 Å². The van der Waals surface area contributed by atoms with Crippen molar-refractivity contribution in [1.82, 2.24) is 10.3 Å². The first-order valence-electron chi connectivity index (χ1n) is 8.44. The molecule has 2 aromatic rings. The monoisotopic (exact) mass is 370 g/mol. The van der Waals surface area contributed by atoms with E-state index >= 15 is 0 Å². The molecule has 0 saturated heterocycles. The van der Waals surface area contributed by atoms with Crippen molar-refractivity contribution in [1.29, 1.82) is 0 Å². The fourth-order valence-electron chi connectivity index (χ4n) is 2.87. The highest BCUT2D eigenvalue weighted by Crippen LogP contribution is 2.19. The SMILES string of the molecule is CC(=O)c1c(C)[nH]c(C(=O)COC(=O)CNC(=O)c2cccc(C)c2)c1C. The molecule has 0 spiro atoms. The summed E-state index contributed by atoms with van der Waals surface area (Å²) in [7, 11) is 0. The number of aromatic amines is 1. The van der Waals surface area contributed by atoms with E-state index < -0.39 is 24.3 Å². The summed E-state index contributed by atoms with van der Waals surface area (Å²) in [6.45, 7) is 5.83. The smallest absolute Gasteiger partial charge is 0.325 e. The number of hydrogen-bond acceptors (Lipinski definition) is 5. The summed E-state index contributed by atoms with van der Waals surface area (Å²) in [5.41, 5.74) is 3.21. The number of Topliss-reactive ketones (excluding diaryl/α,β-unsaturated/α-hetero) is 2. The average Bonchev–Trinajstić information content (AvgIpc) is 2.92. The van der Waals surface area contributed by atoms with Gasteiger partial charge >= 0.3 is 5.97 Å². The summed E-state index contributed by atoms with van der Waals surface area (Å²) in [6.07, 6.45) is 0. The van der Waals surface area contributed by atoms with E-state index in [2.05, 4.69) is 10.3 Å². The van der Waals surface area contributed by atoms with Crippen molar-refractivity contribution in [2.45, 2.75) is 27.7 Å². The zero-order valence-corrected chi connectivity index (χ0v) is 15.8. The number of esters is 1. The molecule has 0 radical (unpaired) electrons. The van der Waals surface area contributed by atoms with E-state index in [0.29, 0.717) is 22.4 Å². The number of ether oxygens (including phenoxy) is 1. The summed E-state index contributed by atoms with van der Waals surface area (Å²) >= 11 is 0. The van der Waals surface area contributed by atoms with Crippen molar-refractivity contribution in [2.24, 2.45) is 0 Å². The van der Waals surface area contributed by atoms with Gasteiger partial charge in [-0.05, 0) is 45.4 Å². The maximum Gasteiger partial charge on any atom is 0.325 e. The second kappa shape index (κ2) is 8.44. The van der Waals surface area contributed by atoms with E-state index in [4.69, 9.17) is 4.74 Å². The lowest BCUT2D eigenvalue weighted by Gasteiger charge is -2.07. The van der Waals surface area contributed by atoms with Crippen LogP contribution in [0.15, 0.2) is 24.3 Å². The minimum absolute atomic E-state index is 0.142. The normalized spacial score (nSPS) is 10.4. The molecule has 0 atom stereocenters. The van der Waals surface area contributed by atoms with E-state index in [1.807, 2.05) is 13.0 Å². The Hall–Kier alpha value is -3.22. The molecule has 7 heteroatoms. The number of aromatic nitrogens is 1. The van der Waals surface area contributed by atoms with Crippen LogP contribution < -0.4 is 5.32 Å². The van der Waals surface area contributed by atoms with Gasteiger partial charge in [-0.1, -0.05) is 17.7 Å². The van der Waals surface area contributed by atoms with Gasteiger partial charge in [-0.15, -0.1) is 0 Å². The van der Waals surface area contributed by atoms with Crippen molar-refractivity contribution in [3.63, 3.8) is 0 Å². The predicted octanol–water partition coefficient (Wildman–Crippen LogP) is 2.30. The highest BCUT2D eigenvalue weighted by Gasteiger charge is 2.20. The van der Waals surface area contributed by atoms with Gasteiger partial charge < -0.3 is 15.0 Å². The van der Waals surface area contributed by atoms with Crippen molar-refractivity contribution in [2.75, 3.05) is 13.2 Å². The molecule has 2 N–H and O–H groups in total. The van der Waals surface area contributed by atoms with Gasteiger partial charge in [0, 0.05) is 16.8 Å². The lowest BCUT2D eigenvalue weighted by Crippen LogP contribution is -2.31. The molecule has 0 aliphatic carbocycles. The molecule has 0 unspecified atom stereocenters. The first kappa shape index (κ1) is 20.1. The van der Waals surface area contributed by atoms with Gasteiger partial charge in [-0.25, -0.2) is 0 Å². The Bertz CT molecular complexity index is 911. The summed E-state index contributed by atoms with van der Waals surface area (Å²) < 4.78 is 4.92. The van der Waals surface area contributed by atoms with Crippen LogP contribution in [0.25, 0.3) is 0 Å². The first-order chi connectivity index (χ1) is 12.7. The number of H-pyrrole nitrogens is 1. The molecule has 0 aliphatic rings. The molecule has 0 bridgehead atoms. The number of amides is 1. The Balaban J connectivity index is 1.88. The van der Waals surface area contributed by atoms with Gasteiger partial charge in [0.15, 0.2) is 12.4 Å². The Labute approximate surface area is 157 Å². The van der Waals surface area contributed by atoms with E-state index in [0.717, 1.165) is 5.56 Å². The third-order valence-electron chi connectivity index (χ3n) is 4.11. The van der Waals surface area contributed by atoms with Crippen LogP contribution in [0.2, 0.25) is 0 Å². The topological polar surface area (TPSA) is 105 Å². The Kier molecular flexibility index (Phi) is 6.28. The standard InChI is InChI=1S/C20H22N2O5/c1-11-6-5-7-15(8-11)20(26)21-9-17(25)27-10-16(24)19-12(2)18(14(4)23)13(3)22-19/h5-8,22H,9-10H2,1-4H3,(H,21,26). The summed E-state index contributed by atoms with van der Waals surface area (Å²) in [5.74, 6) is -1.71. The second-order valence-corrected chi connectivity index (χ2v) is 6.32. The molecule has 2 rings (SSSR count). The van der Waals surface area contributed by atoms with Crippen LogP contribution in [-0.4, -0.2) is 41.6 Å². The van der Waals surface area contributed by atoms with E-state index in [1.165, 1.54) is 6.92 Å². The van der Waals surface area contributed by atoms with Gasteiger partial charge in [0.25, 0.3) is 5.91 Å². The molecule has 1 aromatic carbocycles. The van der Waals surface area contributed by atoms with Crippen LogP contribution in [-0.2, 0) is 9.53 Å². The molecule has 142 valence electrons. The molecule has 0 aliphatic heterocycles. The van der Waals surface area contributed by atoms with E-state index in [1.54, 1.807) is 32.0 Å². The highest BCUT2D eigenvalue weighted by atomic mass is 16.5. The van der Waals surface area contributed by atoms with Crippen molar-refractivity contribution < 1.29 is 23.9 Å². The molecule has 1 heterocycles. The highest BCUT2D eigenvalue weighted by molar-refractivity contribution is 6.04. The maximum absolute atomic E-state index is 12.2. The van der Waals surface area contributed by atoms with Crippen molar-refractivity contribution in [3.05, 3.63) is 57.9 Å². The predicted molar refractivity (Wildman–Crippen MR) is 99.1 cm³/mol. The van der Waals surface area contributed by atoms with Gasteiger partial charge in [0.1, 0.15) is 6.54 Å². The summed E-state index contributed by atoms with van der Waals surface area (Å²) in [5, 5.41) is 2.45. The molecule has 7 nitrogen and oxygen atoms in total. The second-order valence-electron chi connectivity index (χ2n) is 6.32. The number of benzene rings is 1. The lowest BCUT2D eigenvalue weighted by molar-refractivity contribution is -0.141. The molecule has 1 amide bonds. The maximum atomic E-state index is 12.2. The first-order valence-corrected chi connectivity index (χ1v) is 8.44. The fraction of sp³-hybridized carbons (Fsp3) is 0.300. The molecule has 0 fully saturated rings. The largest absolute Gasteiger partial charge is 0.456 e. The van der Waals surface area contributed by atoms with Gasteiger partial charge in [-0.3, -0.25) is 19.2 Å². The van der Waals surface area contributed by atoms with Gasteiger partial charge in [0.2, 0.25) is 5.78 Å². The van der Waals surface area contributed by atoms with E-state index in [9.17, 15) is 19.2 Å². The van der Waals surface area contributed by atoms with Crippen molar-refractivity contribution in [3.8, 4) is 0 Å². The van der Waals surface area contributed by atoms with Crippen LogP contribution in [0.4, 0.5) is 0 Å². The van der Waals surface area contributed by atoms with Crippen LogP contribution in [0.1, 0.15) is 54.9 Å². The average molecular weight is 370 g/mol. The third kappa shape index (κ3) is 4.91. The number of ketones is 2. The number of aryl methyl sites for hydroxylation is 2.